The van der Waals surface area contributed by atoms with Crippen molar-refractivity contribution in [3.63, 3.8) is 0 Å². The molecule has 3 aromatic rings. The van der Waals surface area contributed by atoms with E-state index in [1.165, 1.54) is 18.3 Å². The fraction of sp³-hybridized carbons (Fsp3) is 0.316. The number of anilines is 1. The number of nitrogens with zero attached hydrogens (tertiary/aromatic N) is 2. The van der Waals surface area contributed by atoms with Gasteiger partial charge in [-0.25, -0.2) is 4.98 Å². The van der Waals surface area contributed by atoms with Gasteiger partial charge in [-0.2, -0.15) is 0 Å². The first-order valence-corrected chi connectivity index (χ1v) is 9.52. The highest BCUT2D eigenvalue weighted by atomic mass is 32.1. The molecule has 136 valence electrons. The molecule has 0 fully saturated rings. The van der Waals surface area contributed by atoms with E-state index < -0.39 is 0 Å². The zero-order valence-electron chi connectivity index (χ0n) is 14.9. The maximum Gasteiger partial charge on any atom is 0.229 e. The van der Waals surface area contributed by atoms with Crippen LogP contribution in [-0.2, 0) is 16.1 Å². The van der Waals surface area contributed by atoms with Gasteiger partial charge in [-0.15, -0.1) is 11.3 Å². The number of carbonyl (C=O) groups is 2. The van der Waals surface area contributed by atoms with Crippen LogP contribution in [0.15, 0.2) is 41.8 Å². The van der Waals surface area contributed by atoms with Gasteiger partial charge in [0.25, 0.3) is 0 Å². The first-order chi connectivity index (χ1) is 12.6. The van der Waals surface area contributed by atoms with Crippen molar-refractivity contribution in [3.8, 4) is 0 Å². The highest BCUT2D eigenvalue weighted by molar-refractivity contribution is 7.10. The van der Waals surface area contributed by atoms with E-state index in [1.54, 1.807) is 0 Å². The molecular weight excluding hydrogens is 348 g/mol. The molecule has 1 aromatic carbocycles. The van der Waals surface area contributed by atoms with E-state index in [0.717, 1.165) is 28.9 Å². The Labute approximate surface area is 156 Å². The standard InChI is InChI=1S/C19H22N4O2S/c1-3-10-23-16-8-5-4-7-14(16)21-19(23)22-18(25)12-15(20-13(2)24)17-9-6-11-26-17/h4-9,11,15H,3,10,12H2,1-2H3,(H,20,24)(H,21,22,25)/t15-/m1/s1. The van der Waals surface area contributed by atoms with Crippen molar-refractivity contribution in [2.75, 3.05) is 5.32 Å². The lowest BCUT2D eigenvalue weighted by Crippen LogP contribution is -2.29. The monoisotopic (exact) mass is 370 g/mol. The topological polar surface area (TPSA) is 76.0 Å². The molecule has 2 heterocycles. The molecule has 0 aliphatic heterocycles. The zero-order chi connectivity index (χ0) is 18.5. The number of nitrogens with one attached hydrogen (secondary N) is 2. The Kier molecular flexibility index (Phi) is 5.68. The lowest BCUT2D eigenvalue weighted by Gasteiger charge is -2.16. The number of thiophene rings is 1. The molecule has 0 saturated carbocycles. The molecule has 3 rings (SSSR count). The normalized spacial score (nSPS) is 12.1. The molecule has 0 saturated heterocycles. The van der Waals surface area contributed by atoms with Crippen LogP contribution in [0.1, 0.15) is 37.6 Å². The molecule has 0 spiro atoms. The number of hydrogen-bond acceptors (Lipinski definition) is 4. The largest absolute Gasteiger partial charge is 0.348 e. The number of benzene rings is 1. The van der Waals surface area contributed by atoms with Gasteiger partial charge >= 0.3 is 0 Å². The fourth-order valence-electron chi connectivity index (χ4n) is 2.94. The van der Waals surface area contributed by atoms with E-state index in [0.29, 0.717) is 5.95 Å². The Bertz CT molecular complexity index is 902. The molecular formula is C19H22N4O2S. The highest BCUT2D eigenvalue weighted by Gasteiger charge is 2.20. The summed E-state index contributed by atoms with van der Waals surface area (Å²) in [5.74, 6) is 0.213. The van der Waals surface area contributed by atoms with Crippen molar-refractivity contribution < 1.29 is 9.59 Å². The predicted octanol–water partition coefficient (Wildman–Crippen LogP) is 3.71. The van der Waals surface area contributed by atoms with Gasteiger partial charge in [-0.1, -0.05) is 25.1 Å². The Morgan fingerprint density at radius 2 is 2.04 bits per heavy atom. The van der Waals surface area contributed by atoms with E-state index in [1.807, 2.05) is 46.3 Å². The van der Waals surface area contributed by atoms with E-state index in [9.17, 15) is 9.59 Å². The number of hydrogen-bond donors (Lipinski definition) is 2. The minimum Gasteiger partial charge on any atom is -0.348 e. The number of amides is 2. The summed E-state index contributed by atoms with van der Waals surface area (Å²) in [6, 6.07) is 11.3. The molecule has 6 nitrogen and oxygen atoms in total. The zero-order valence-corrected chi connectivity index (χ0v) is 15.7. The van der Waals surface area contributed by atoms with Crippen LogP contribution in [0.2, 0.25) is 0 Å². The summed E-state index contributed by atoms with van der Waals surface area (Å²) in [6.45, 7) is 4.32. The third kappa shape index (κ3) is 4.11. The van der Waals surface area contributed by atoms with Gasteiger partial charge in [-0.05, 0) is 30.0 Å². The van der Waals surface area contributed by atoms with Crippen LogP contribution in [0, 0.1) is 0 Å². The summed E-state index contributed by atoms with van der Waals surface area (Å²) in [4.78, 5) is 29.6. The van der Waals surface area contributed by atoms with Crippen molar-refractivity contribution in [1.29, 1.82) is 0 Å². The van der Waals surface area contributed by atoms with Crippen LogP contribution in [0.25, 0.3) is 11.0 Å². The molecule has 26 heavy (non-hydrogen) atoms. The molecule has 2 aromatic heterocycles. The first-order valence-electron chi connectivity index (χ1n) is 8.64. The summed E-state index contributed by atoms with van der Waals surface area (Å²) < 4.78 is 2.02. The SMILES string of the molecule is CCCn1c(NC(=O)C[C@@H](NC(C)=O)c2cccs2)nc2ccccc21. The number of fused-ring (bicyclic) bond motifs is 1. The minimum atomic E-state index is -0.337. The van der Waals surface area contributed by atoms with E-state index in [2.05, 4.69) is 22.5 Å². The van der Waals surface area contributed by atoms with Crippen molar-refractivity contribution in [3.05, 3.63) is 46.7 Å². The van der Waals surface area contributed by atoms with Crippen LogP contribution in [0.4, 0.5) is 5.95 Å². The summed E-state index contributed by atoms with van der Waals surface area (Å²) in [6.07, 6.45) is 1.10. The van der Waals surface area contributed by atoms with Gasteiger partial charge in [0.15, 0.2) is 0 Å². The third-order valence-corrected chi connectivity index (χ3v) is 4.99. The van der Waals surface area contributed by atoms with E-state index in [4.69, 9.17) is 0 Å². The van der Waals surface area contributed by atoms with E-state index >= 15 is 0 Å². The van der Waals surface area contributed by atoms with Gasteiger partial charge in [0.05, 0.1) is 23.5 Å². The third-order valence-electron chi connectivity index (χ3n) is 4.01. The van der Waals surface area contributed by atoms with Crippen LogP contribution < -0.4 is 10.6 Å². The lowest BCUT2D eigenvalue weighted by molar-refractivity contribution is -0.120. The van der Waals surface area contributed by atoms with Gasteiger partial charge in [0, 0.05) is 18.3 Å². The van der Waals surface area contributed by atoms with Crippen molar-refractivity contribution in [2.24, 2.45) is 0 Å². The van der Waals surface area contributed by atoms with Gasteiger partial charge in [-0.3, -0.25) is 14.9 Å². The van der Waals surface area contributed by atoms with Crippen molar-refractivity contribution in [2.45, 2.75) is 39.3 Å². The highest BCUT2D eigenvalue weighted by Crippen LogP contribution is 2.24. The van der Waals surface area contributed by atoms with Gasteiger partial charge < -0.3 is 9.88 Å². The average Bonchev–Trinajstić information content (AvgIpc) is 3.23. The number of aryl methyl sites for hydroxylation is 1. The minimum absolute atomic E-state index is 0.158. The number of carbonyl (C=O) groups excluding carboxylic acids is 2. The van der Waals surface area contributed by atoms with Crippen LogP contribution in [0.5, 0.6) is 0 Å². The molecule has 2 amide bonds. The fourth-order valence-corrected chi connectivity index (χ4v) is 3.72. The quantitative estimate of drug-likeness (QED) is 0.666. The molecule has 2 N–H and O–H groups in total. The number of imidazole rings is 1. The second-order valence-corrected chi connectivity index (χ2v) is 7.08. The Hall–Kier alpha value is -2.67. The summed E-state index contributed by atoms with van der Waals surface area (Å²) >= 11 is 1.52. The Morgan fingerprint density at radius 3 is 2.73 bits per heavy atom. The average molecular weight is 370 g/mol. The van der Waals surface area contributed by atoms with Crippen LogP contribution >= 0.6 is 11.3 Å². The van der Waals surface area contributed by atoms with Crippen LogP contribution in [-0.4, -0.2) is 21.4 Å². The molecule has 0 bridgehead atoms. The summed E-state index contributed by atoms with van der Waals surface area (Å²) in [7, 11) is 0. The number of rotatable bonds is 7. The van der Waals surface area contributed by atoms with Crippen molar-refractivity contribution in [1.82, 2.24) is 14.9 Å². The molecule has 0 unspecified atom stereocenters. The molecule has 1 atom stereocenters. The molecule has 7 heteroatoms. The van der Waals surface area contributed by atoms with Gasteiger partial charge in [0.1, 0.15) is 0 Å². The van der Waals surface area contributed by atoms with Crippen LogP contribution in [0.3, 0.4) is 0 Å². The molecule has 0 aliphatic rings. The second kappa shape index (κ2) is 8.14. The summed E-state index contributed by atoms with van der Waals surface area (Å²) in [5, 5.41) is 7.70. The smallest absolute Gasteiger partial charge is 0.229 e. The first kappa shape index (κ1) is 18.1. The Balaban J connectivity index is 1.79. The maximum absolute atomic E-state index is 12.6. The van der Waals surface area contributed by atoms with Crippen molar-refractivity contribution >= 4 is 40.1 Å². The maximum atomic E-state index is 12.6. The molecule has 0 radical (unpaired) electrons. The number of aromatic nitrogens is 2. The molecule has 0 aliphatic carbocycles. The lowest BCUT2D eigenvalue weighted by atomic mass is 10.1. The number of para-hydroxylation sites is 2. The van der Waals surface area contributed by atoms with Gasteiger partial charge in [0.2, 0.25) is 17.8 Å². The second-order valence-electron chi connectivity index (χ2n) is 6.10. The summed E-state index contributed by atoms with van der Waals surface area (Å²) in [5.41, 5.74) is 1.86. The van der Waals surface area contributed by atoms with E-state index in [-0.39, 0.29) is 24.3 Å². The Morgan fingerprint density at radius 1 is 1.23 bits per heavy atom. The predicted molar refractivity (Wildman–Crippen MR) is 104 cm³/mol.